The van der Waals surface area contributed by atoms with Crippen molar-refractivity contribution >= 4 is 17.5 Å². The number of rotatable bonds is 3. The zero-order valence-corrected chi connectivity index (χ0v) is 9.69. The molecule has 1 saturated carbocycles. The normalized spacial score (nSPS) is 34.5. The second kappa shape index (κ2) is 5.04. The number of carbonyl (C=O) groups is 1. The standard InChI is InChI=1S/C11H20OS/c1-8-4-9(2)6-10(5-8)11(12)7-13-3/h8-10H,4-7H2,1-3H3. The SMILES string of the molecule is CSCC(=O)C1CC(C)CC(C)C1. The average Bonchev–Trinajstić information content (AvgIpc) is 2.03. The predicted molar refractivity (Wildman–Crippen MR) is 59.1 cm³/mol. The van der Waals surface area contributed by atoms with Crippen molar-refractivity contribution in [3.63, 3.8) is 0 Å². The molecule has 13 heavy (non-hydrogen) atoms. The van der Waals surface area contributed by atoms with Gasteiger partial charge in [-0.2, -0.15) is 11.8 Å². The average molecular weight is 200 g/mol. The smallest absolute Gasteiger partial charge is 0.145 e. The minimum Gasteiger partial charge on any atom is -0.298 e. The summed E-state index contributed by atoms with van der Waals surface area (Å²) in [4.78, 5) is 11.7. The lowest BCUT2D eigenvalue weighted by Gasteiger charge is -2.30. The van der Waals surface area contributed by atoms with Crippen molar-refractivity contribution in [3.8, 4) is 0 Å². The van der Waals surface area contributed by atoms with Crippen LogP contribution in [0.1, 0.15) is 33.1 Å². The Labute approximate surface area is 85.7 Å². The molecule has 2 unspecified atom stereocenters. The molecule has 0 aliphatic heterocycles. The van der Waals surface area contributed by atoms with Gasteiger partial charge in [0.2, 0.25) is 0 Å². The molecule has 76 valence electrons. The quantitative estimate of drug-likeness (QED) is 0.696. The Morgan fingerprint density at radius 2 is 1.77 bits per heavy atom. The fourth-order valence-corrected chi connectivity index (χ4v) is 2.99. The second-order valence-electron chi connectivity index (χ2n) is 4.51. The van der Waals surface area contributed by atoms with Crippen LogP contribution in [0, 0.1) is 17.8 Å². The first-order valence-electron chi connectivity index (χ1n) is 5.15. The molecule has 1 aliphatic carbocycles. The fraction of sp³-hybridized carbons (Fsp3) is 0.909. The Morgan fingerprint density at radius 3 is 2.23 bits per heavy atom. The zero-order chi connectivity index (χ0) is 9.84. The van der Waals surface area contributed by atoms with E-state index in [0.717, 1.165) is 24.7 Å². The molecule has 1 aliphatic rings. The number of carbonyl (C=O) groups excluding carboxylic acids is 1. The van der Waals surface area contributed by atoms with E-state index < -0.39 is 0 Å². The number of thioether (sulfide) groups is 1. The van der Waals surface area contributed by atoms with E-state index in [-0.39, 0.29) is 0 Å². The van der Waals surface area contributed by atoms with Crippen LogP contribution < -0.4 is 0 Å². The van der Waals surface area contributed by atoms with Crippen LogP contribution in [-0.4, -0.2) is 17.8 Å². The molecule has 0 N–H and O–H groups in total. The van der Waals surface area contributed by atoms with Gasteiger partial charge in [-0.05, 0) is 37.4 Å². The molecule has 0 saturated heterocycles. The summed E-state index contributed by atoms with van der Waals surface area (Å²) in [6.45, 7) is 4.55. The lowest BCUT2D eigenvalue weighted by molar-refractivity contribution is -0.122. The van der Waals surface area contributed by atoms with Gasteiger partial charge in [-0.3, -0.25) is 4.79 Å². The van der Waals surface area contributed by atoms with E-state index in [1.165, 1.54) is 6.42 Å². The molecule has 1 fully saturated rings. The highest BCUT2D eigenvalue weighted by Gasteiger charge is 2.28. The largest absolute Gasteiger partial charge is 0.298 e. The van der Waals surface area contributed by atoms with E-state index in [0.29, 0.717) is 17.5 Å². The molecule has 2 atom stereocenters. The van der Waals surface area contributed by atoms with Crippen molar-refractivity contribution in [2.24, 2.45) is 17.8 Å². The van der Waals surface area contributed by atoms with Gasteiger partial charge < -0.3 is 0 Å². The summed E-state index contributed by atoms with van der Waals surface area (Å²) >= 11 is 1.66. The first-order valence-corrected chi connectivity index (χ1v) is 6.54. The van der Waals surface area contributed by atoms with Gasteiger partial charge in [0.1, 0.15) is 5.78 Å². The second-order valence-corrected chi connectivity index (χ2v) is 5.38. The Morgan fingerprint density at radius 1 is 1.23 bits per heavy atom. The van der Waals surface area contributed by atoms with E-state index >= 15 is 0 Å². The highest BCUT2D eigenvalue weighted by atomic mass is 32.2. The highest BCUT2D eigenvalue weighted by Crippen LogP contribution is 2.33. The molecule has 0 aromatic heterocycles. The summed E-state index contributed by atoms with van der Waals surface area (Å²) < 4.78 is 0. The summed E-state index contributed by atoms with van der Waals surface area (Å²) in [6, 6.07) is 0. The maximum Gasteiger partial charge on any atom is 0.145 e. The van der Waals surface area contributed by atoms with Gasteiger partial charge in [0.15, 0.2) is 0 Å². The zero-order valence-electron chi connectivity index (χ0n) is 8.88. The molecule has 0 radical (unpaired) electrons. The van der Waals surface area contributed by atoms with E-state index in [4.69, 9.17) is 0 Å². The molecule has 0 spiro atoms. The van der Waals surface area contributed by atoms with Crippen LogP contribution in [0.3, 0.4) is 0 Å². The van der Waals surface area contributed by atoms with Crippen molar-refractivity contribution in [1.82, 2.24) is 0 Å². The van der Waals surface area contributed by atoms with Crippen molar-refractivity contribution < 1.29 is 4.79 Å². The third-order valence-corrected chi connectivity index (χ3v) is 3.49. The van der Waals surface area contributed by atoms with Crippen LogP contribution in [0.4, 0.5) is 0 Å². The molecular weight excluding hydrogens is 180 g/mol. The summed E-state index contributed by atoms with van der Waals surface area (Å²) in [5.74, 6) is 3.06. The topological polar surface area (TPSA) is 17.1 Å². The minimum absolute atomic E-state index is 0.367. The van der Waals surface area contributed by atoms with Gasteiger partial charge in [-0.1, -0.05) is 13.8 Å². The van der Waals surface area contributed by atoms with E-state index in [1.54, 1.807) is 11.8 Å². The monoisotopic (exact) mass is 200 g/mol. The Balaban J connectivity index is 2.45. The first kappa shape index (κ1) is 11.1. The summed E-state index contributed by atoms with van der Waals surface area (Å²) in [5, 5.41) is 0. The van der Waals surface area contributed by atoms with E-state index in [9.17, 15) is 4.79 Å². The predicted octanol–water partition coefficient (Wildman–Crippen LogP) is 2.99. The van der Waals surface area contributed by atoms with Crippen LogP contribution in [0.25, 0.3) is 0 Å². The molecule has 0 amide bonds. The summed E-state index contributed by atoms with van der Waals surface area (Å²) in [7, 11) is 0. The van der Waals surface area contributed by atoms with Crippen LogP contribution in [0.15, 0.2) is 0 Å². The van der Waals surface area contributed by atoms with E-state index in [1.807, 2.05) is 6.26 Å². The van der Waals surface area contributed by atoms with Gasteiger partial charge in [0.25, 0.3) is 0 Å². The number of ketones is 1. The summed E-state index contributed by atoms with van der Waals surface area (Å²) in [6.07, 6.45) is 5.57. The Kier molecular flexibility index (Phi) is 4.30. The number of Topliss-reactive ketones (excluding diaryl/α,β-unsaturated/α-hetero) is 1. The van der Waals surface area contributed by atoms with E-state index in [2.05, 4.69) is 13.8 Å². The van der Waals surface area contributed by atoms with Crippen molar-refractivity contribution in [2.75, 3.05) is 12.0 Å². The van der Waals surface area contributed by atoms with Crippen molar-refractivity contribution in [2.45, 2.75) is 33.1 Å². The van der Waals surface area contributed by atoms with Crippen molar-refractivity contribution in [3.05, 3.63) is 0 Å². The summed E-state index contributed by atoms with van der Waals surface area (Å²) in [5.41, 5.74) is 0. The third-order valence-electron chi connectivity index (χ3n) is 2.92. The van der Waals surface area contributed by atoms with Crippen LogP contribution in [0.5, 0.6) is 0 Å². The first-order chi connectivity index (χ1) is 6.13. The molecule has 0 heterocycles. The van der Waals surface area contributed by atoms with Crippen LogP contribution >= 0.6 is 11.8 Å². The molecule has 1 rings (SSSR count). The fourth-order valence-electron chi connectivity index (χ4n) is 2.47. The van der Waals surface area contributed by atoms with Crippen LogP contribution in [-0.2, 0) is 4.79 Å². The molecule has 0 aromatic carbocycles. The molecule has 0 aromatic rings. The lowest BCUT2D eigenvalue weighted by atomic mass is 9.75. The lowest BCUT2D eigenvalue weighted by Crippen LogP contribution is -2.27. The third kappa shape index (κ3) is 3.34. The maximum atomic E-state index is 11.7. The van der Waals surface area contributed by atoms with Gasteiger partial charge >= 0.3 is 0 Å². The minimum atomic E-state index is 0.367. The molecule has 1 nitrogen and oxygen atoms in total. The van der Waals surface area contributed by atoms with Gasteiger partial charge in [0.05, 0.1) is 5.75 Å². The maximum absolute atomic E-state index is 11.7. The van der Waals surface area contributed by atoms with Crippen molar-refractivity contribution in [1.29, 1.82) is 0 Å². The Hall–Kier alpha value is 0.0200. The highest BCUT2D eigenvalue weighted by molar-refractivity contribution is 7.99. The van der Waals surface area contributed by atoms with Gasteiger partial charge in [0, 0.05) is 5.92 Å². The number of hydrogen-bond acceptors (Lipinski definition) is 2. The molecule has 2 heteroatoms. The van der Waals surface area contributed by atoms with Gasteiger partial charge in [-0.15, -0.1) is 0 Å². The number of hydrogen-bond donors (Lipinski definition) is 0. The van der Waals surface area contributed by atoms with Gasteiger partial charge in [-0.25, -0.2) is 0 Å². The molecule has 0 bridgehead atoms. The Bertz CT molecular complexity index is 169. The van der Waals surface area contributed by atoms with Crippen LogP contribution in [0.2, 0.25) is 0 Å². The molecular formula is C11H20OS.